The zero-order valence-electron chi connectivity index (χ0n) is 14.9. The van der Waals surface area contributed by atoms with Crippen LogP contribution >= 0.6 is 0 Å². The lowest BCUT2D eigenvalue weighted by Crippen LogP contribution is -2.37. The summed E-state index contributed by atoms with van der Waals surface area (Å²) in [4.78, 5) is 22.2. The second-order valence-electron chi connectivity index (χ2n) is 6.34. The van der Waals surface area contributed by atoms with Gasteiger partial charge in [0, 0.05) is 42.8 Å². The zero-order chi connectivity index (χ0) is 19.6. The van der Waals surface area contributed by atoms with Gasteiger partial charge >= 0.3 is 6.18 Å². The SMILES string of the molecule is COc1cc(C(F)(F)F)cnc1N1CCC(NC(=O)c2ccnc(C)c2)C1. The number of hydrogen-bond acceptors (Lipinski definition) is 5. The minimum atomic E-state index is -4.48. The molecule has 1 saturated heterocycles. The molecule has 2 aromatic heterocycles. The number of hydrogen-bond donors (Lipinski definition) is 1. The highest BCUT2D eigenvalue weighted by molar-refractivity contribution is 5.94. The van der Waals surface area contributed by atoms with Crippen molar-refractivity contribution in [2.75, 3.05) is 25.1 Å². The number of alkyl halides is 3. The summed E-state index contributed by atoms with van der Waals surface area (Å²) in [6.07, 6.45) is -1.46. The molecule has 0 saturated carbocycles. The van der Waals surface area contributed by atoms with E-state index in [2.05, 4.69) is 15.3 Å². The predicted octanol–water partition coefficient (Wildman–Crippen LogP) is 2.82. The Hall–Kier alpha value is -2.84. The number of anilines is 1. The van der Waals surface area contributed by atoms with Crippen molar-refractivity contribution in [1.29, 1.82) is 0 Å². The minimum absolute atomic E-state index is 0.0570. The molecule has 1 amide bonds. The number of nitrogens with zero attached hydrogens (tertiary/aromatic N) is 3. The second-order valence-corrected chi connectivity index (χ2v) is 6.34. The van der Waals surface area contributed by atoms with Crippen molar-refractivity contribution in [3.8, 4) is 5.75 Å². The maximum atomic E-state index is 12.8. The third kappa shape index (κ3) is 4.29. The van der Waals surface area contributed by atoms with E-state index in [9.17, 15) is 18.0 Å². The molecule has 1 N–H and O–H groups in total. The fourth-order valence-electron chi connectivity index (χ4n) is 3.01. The molecule has 1 unspecified atom stereocenters. The van der Waals surface area contributed by atoms with Gasteiger partial charge in [0.25, 0.3) is 5.91 Å². The average Bonchev–Trinajstić information content (AvgIpc) is 3.08. The molecule has 3 rings (SSSR count). The van der Waals surface area contributed by atoms with Crippen LogP contribution in [0.15, 0.2) is 30.6 Å². The number of aryl methyl sites for hydroxylation is 1. The van der Waals surface area contributed by atoms with E-state index in [0.717, 1.165) is 18.0 Å². The molecule has 2 aromatic rings. The number of aromatic nitrogens is 2. The van der Waals surface area contributed by atoms with Crippen molar-refractivity contribution in [3.05, 3.63) is 47.4 Å². The Kier molecular flexibility index (Phi) is 5.20. The standard InChI is InChI=1S/C18H19F3N4O2/c1-11-7-12(3-5-22-11)17(26)24-14-4-6-25(10-14)16-15(27-2)8-13(9-23-16)18(19,20)21/h3,5,7-9,14H,4,6,10H2,1-2H3,(H,24,26). The highest BCUT2D eigenvalue weighted by Gasteiger charge is 2.33. The molecule has 1 aliphatic rings. The van der Waals surface area contributed by atoms with Gasteiger partial charge in [-0.15, -0.1) is 0 Å². The van der Waals surface area contributed by atoms with E-state index in [1.165, 1.54) is 7.11 Å². The van der Waals surface area contributed by atoms with Crippen LogP contribution in [-0.2, 0) is 6.18 Å². The first-order valence-corrected chi connectivity index (χ1v) is 8.37. The molecular weight excluding hydrogens is 361 g/mol. The minimum Gasteiger partial charge on any atom is -0.493 e. The van der Waals surface area contributed by atoms with Gasteiger partial charge in [0.1, 0.15) is 0 Å². The molecule has 144 valence electrons. The van der Waals surface area contributed by atoms with E-state index >= 15 is 0 Å². The first kappa shape index (κ1) is 18.9. The summed E-state index contributed by atoms with van der Waals surface area (Å²) in [6.45, 7) is 2.79. The lowest BCUT2D eigenvalue weighted by molar-refractivity contribution is -0.137. The van der Waals surface area contributed by atoms with Gasteiger partial charge in [-0.1, -0.05) is 0 Å². The molecule has 0 bridgehead atoms. The summed E-state index contributed by atoms with van der Waals surface area (Å²) in [5, 5.41) is 2.94. The highest BCUT2D eigenvalue weighted by atomic mass is 19.4. The molecule has 9 heteroatoms. The number of carbonyl (C=O) groups excluding carboxylic acids is 1. The van der Waals surface area contributed by atoms with Crippen LogP contribution in [0, 0.1) is 6.92 Å². The molecule has 0 aliphatic carbocycles. The zero-order valence-corrected chi connectivity index (χ0v) is 14.9. The Balaban J connectivity index is 1.70. The first-order chi connectivity index (χ1) is 12.8. The van der Waals surface area contributed by atoms with Crippen molar-refractivity contribution in [2.45, 2.75) is 25.6 Å². The van der Waals surface area contributed by atoms with Crippen molar-refractivity contribution >= 4 is 11.7 Å². The van der Waals surface area contributed by atoms with Gasteiger partial charge in [-0.2, -0.15) is 13.2 Å². The number of carbonyl (C=O) groups is 1. The van der Waals surface area contributed by atoms with E-state index in [1.54, 1.807) is 25.3 Å². The number of halogens is 3. The van der Waals surface area contributed by atoms with E-state index in [-0.39, 0.29) is 17.7 Å². The summed E-state index contributed by atoms with van der Waals surface area (Å²) in [7, 11) is 1.31. The van der Waals surface area contributed by atoms with Crippen molar-refractivity contribution in [3.63, 3.8) is 0 Å². The van der Waals surface area contributed by atoms with E-state index in [4.69, 9.17) is 4.74 Å². The predicted molar refractivity (Wildman–Crippen MR) is 92.8 cm³/mol. The average molecular weight is 380 g/mol. The second kappa shape index (κ2) is 7.42. The molecule has 1 aliphatic heterocycles. The number of nitrogens with one attached hydrogen (secondary N) is 1. The normalized spacial score (nSPS) is 17.1. The molecule has 1 fully saturated rings. The van der Waals surface area contributed by atoms with Gasteiger partial charge in [-0.25, -0.2) is 4.98 Å². The Labute approximate surface area is 154 Å². The Morgan fingerprint density at radius 1 is 1.33 bits per heavy atom. The summed E-state index contributed by atoms with van der Waals surface area (Å²) in [5.41, 5.74) is 0.404. The maximum Gasteiger partial charge on any atom is 0.418 e. The molecule has 27 heavy (non-hydrogen) atoms. The summed E-state index contributed by atoms with van der Waals surface area (Å²) in [6, 6.07) is 4.13. The van der Waals surface area contributed by atoms with E-state index < -0.39 is 11.7 Å². The van der Waals surface area contributed by atoms with Crippen LogP contribution in [0.5, 0.6) is 5.75 Å². The topological polar surface area (TPSA) is 67.3 Å². The Morgan fingerprint density at radius 3 is 2.78 bits per heavy atom. The number of methoxy groups -OCH3 is 1. The van der Waals surface area contributed by atoms with Crippen LogP contribution in [0.4, 0.5) is 19.0 Å². The van der Waals surface area contributed by atoms with Gasteiger partial charge in [-0.05, 0) is 31.5 Å². The van der Waals surface area contributed by atoms with Gasteiger partial charge in [-0.3, -0.25) is 9.78 Å². The molecule has 0 aromatic carbocycles. The summed E-state index contributed by atoms with van der Waals surface area (Å²) in [5.74, 6) is 0.184. The molecule has 6 nitrogen and oxygen atoms in total. The van der Waals surface area contributed by atoms with Crippen LogP contribution in [0.3, 0.4) is 0 Å². The maximum absolute atomic E-state index is 12.8. The fourth-order valence-corrected chi connectivity index (χ4v) is 3.01. The van der Waals surface area contributed by atoms with Crippen LogP contribution in [0.25, 0.3) is 0 Å². The van der Waals surface area contributed by atoms with Crippen LogP contribution in [-0.4, -0.2) is 42.1 Å². The van der Waals surface area contributed by atoms with Crippen LogP contribution < -0.4 is 15.0 Å². The quantitative estimate of drug-likeness (QED) is 0.884. The first-order valence-electron chi connectivity index (χ1n) is 8.37. The Morgan fingerprint density at radius 2 is 2.11 bits per heavy atom. The van der Waals surface area contributed by atoms with Crippen LogP contribution in [0.2, 0.25) is 0 Å². The molecule has 0 radical (unpaired) electrons. The van der Waals surface area contributed by atoms with E-state index in [0.29, 0.717) is 30.9 Å². The largest absolute Gasteiger partial charge is 0.493 e. The van der Waals surface area contributed by atoms with E-state index in [1.807, 2.05) is 4.90 Å². The smallest absolute Gasteiger partial charge is 0.418 e. The van der Waals surface area contributed by atoms with Crippen molar-refractivity contribution in [2.24, 2.45) is 0 Å². The molecule has 1 atom stereocenters. The van der Waals surface area contributed by atoms with Gasteiger partial charge < -0.3 is 15.0 Å². The third-order valence-electron chi connectivity index (χ3n) is 4.36. The highest BCUT2D eigenvalue weighted by Crippen LogP contribution is 2.35. The number of amides is 1. The number of ether oxygens (including phenoxy) is 1. The molecule has 0 spiro atoms. The third-order valence-corrected chi connectivity index (χ3v) is 4.36. The van der Waals surface area contributed by atoms with Gasteiger partial charge in [0.05, 0.1) is 12.7 Å². The lowest BCUT2D eigenvalue weighted by Gasteiger charge is -2.21. The monoisotopic (exact) mass is 380 g/mol. The summed E-state index contributed by atoms with van der Waals surface area (Å²) < 4.78 is 43.6. The number of rotatable bonds is 4. The van der Waals surface area contributed by atoms with Crippen LogP contribution in [0.1, 0.15) is 28.0 Å². The molecular formula is C18H19F3N4O2. The summed E-state index contributed by atoms with van der Waals surface area (Å²) >= 11 is 0. The fraction of sp³-hybridized carbons (Fsp3) is 0.389. The van der Waals surface area contributed by atoms with Gasteiger partial charge in [0.2, 0.25) is 0 Å². The van der Waals surface area contributed by atoms with Gasteiger partial charge in [0.15, 0.2) is 11.6 Å². The molecule has 3 heterocycles. The van der Waals surface area contributed by atoms with Crippen molar-refractivity contribution < 1.29 is 22.7 Å². The van der Waals surface area contributed by atoms with Crippen molar-refractivity contribution in [1.82, 2.24) is 15.3 Å². The lowest BCUT2D eigenvalue weighted by atomic mass is 10.2. The number of pyridine rings is 2. The Bertz CT molecular complexity index is 842.